The summed E-state index contributed by atoms with van der Waals surface area (Å²) in [6, 6.07) is 2.21. The van der Waals surface area contributed by atoms with Gasteiger partial charge in [0.2, 0.25) is 0 Å². The first-order valence-corrected chi connectivity index (χ1v) is 8.35. The molecule has 0 bridgehead atoms. The van der Waals surface area contributed by atoms with Gasteiger partial charge in [-0.1, -0.05) is 6.92 Å². The Balaban J connectivity index is 1.86. The topological polar surface area (TPSA) is 37.6 Å². The van der Waals surface area contributed by atoms with E-state index in [1.54, 1.807) is 0 Å². The minimum atomic E-state index is 0.394. The Kier molecular flexibility index (Phi) is 6.74. The maximum Gasteiger partial charge on any atom is 0.118 e. The molecule has 21 heavy (non-hydrogen) atoms. The molecule has 1 aromatic rings. The molecule has 1 aliphatic heterocycles. The molecule has 120 valence electrons. The van der Waals surface area contributed by atoms with Crippen molar-refractivity contribution >= 4 is 0 Å². The Morgan fingerprint density at radius 2 is 2.29 bits per heavy atom. The van der Waals surface area contributed by atoms with Gasteiger partial charge >= 0.3 is 0 Å². The van der Waals surface area contributed by atoms with Crippen LogP contribution in [0.5, 0.6) is 0 Å². The lowest BCUT2D eigenvalue weighted by Crippen LogP contribution is -2.39. The number of aryl methyl sites for hydroxylation is 1. The lowest BCUT2D eigenvalue weighted by molar-refractivity contribution is 0.00196. The number of hydrogen-bond acceptors (Lipinski definition) is 4. The van der Waals surface area contributed by atoms with Crippen molar-refractivity contribution in [1.82, 2.24) is 10.2 Å². The molecular formula is C17H30N2O2. The molecule has 0 radical (unpaired) electrons. The van der Waals surface area contributed by atoms with Crippen LogP contribution in [0.4, 0.5) is 0 Å². The summed E-state index contributed by atoms with van der Waals surface area (Å²) in [6.45, 7) is 12.2. The minimum absolute atomic E-state index is 0.394. The summed E-state index contributed by atoms with van der Waals surface area (Å²) >= 11 is 0. The van der Waals surface area contributed by atoms with E-state index in [-0.39, 0.29) is 0 Å². The average Bonchev–Trinajstić information content (AvgIpc) is 2.80. The zero-order chi connectivity index (χ0) is 15.1. The van der Waals surface area contributed by atoms with E-state index in [9.17, 15) is 0 Å². The third-order valence-corrected chi connectivity index (χ3v) is 4.06. The average molecular weight is 294 g/mol. The van der Waals surface area contributed by atoms with Gasteiger partial charge in [0.05, 0.1) is 12.6 Å². The van der Waals surface area contributed by atoms with Crippen LogP contribution in [0.25, 0.3) is 0 Å². The molecule has 0 amide bonds. The second-order valence-electron chi connectivity index (χ2n) is 5.93. The van der Waals surface area contributed by atoms with E-state index in [0.717, 1.165) is 57.3 Å². The van der Waals surface area contributed by atoms with Crippen molar-refractivity contribution in [2.45, 2.75) is 59.2 Å². The van der Waals surface area contributed by atoms with Crippen LogP contribution in [0, 0.1) is 6.92 Å². The largest absolute Gasteiger partial charge is 0.465 e. The van der Waals surface area contributed by atoms with Gasteiger partial charge in [-0.15, -0.1) is 0 Å². The Bertz CT molecular complexity index is 415. The SMILES string of the molecule is CCCNCc1cc(CN2CCCC(OCC)C2)oc1C. The summed E-state index contributed by atoms with van der Waals surface area (Å²) in [5.74, 6) is 2.13. The van der Waals surface area contributed by atoms with Gasteiger partial charge in [-0.2, -0.15) is 0 Å². The molecule has 2 heterocycles. The summed E-state index contributed by atoms with van der Waals surface area (Å²) in [4.78, 5) is 2.45. The summed E-state index contributed by atoms with van der Waals surface area (Å²) < 4.78 is 11.7. The number of ether oxygens (including phenoxy) is 1. The highest BCUT2D eigenvalue weighted by Crippen LogP contribution is 2.20. The molecule has 1 atom stereocenters. The summed E-state index contributed by atoms with van der Waals surface area (Å²) in [6.07, 6.45) is 3.96. The second-order valence-corrected chi connectivity index (χ2v) is 5.93. The highest BCUT2D eigenvalue weighted by atomic mass is 16.5. The van der Waals surface area contributed by atoms with Gasteiger partial charge in [0.25, 0.3) is 0 Å². The van der Waals surface area contributed by atoms with E-state index >= 15 is 0 Å². The van der Waals surface area contributed by atoms with Crippen LogP contribution < -0.4 is 5.32 Å². The summed E-state index contributed by atoms with van der Waals surface area (Å²) in [5.41, 5.74) is 1.29. The zero-order valence-electron chi connectivity index (χ0n) is 13.8. The second kappa shape index (κ2) is 8.57. The predicted molar refractivity (Wildman–Crippen MR) is 85.4 cm³/mol. The molecule has 0 saturated carbocycles. The number of rotatable bonds is 8. The first-order valence-electron chi connectivity index (χ1n) is 8.35. The highest BCUT2D eigenvalue weighted by Gasteiger charge is 2.21. The molecule has 1 aromatic heterocycles. The van der Waals surface area contributed by atoms with E-state index in [1.807, 2.05) is 0 Å². The van der Waals surface area contributed by atoms with Crippen molar-refractivity contribution in [3.63, 3.8) is 0 Å². The molecule has 4 heteroatoms. The standard InChI is InChI=1S/C17H30N2O2/c1-4-8-18-11-15-10-17(21-14(15)3)13-19-9-6-7-16(12-19)20-5-2/h10,16,18H,4-9,11-13H2,1-3H3. The predicted octanol–water partition coefficient (Wildman–Crippen LogP) is 3.09. The fourth-order valence-corrected chi connectivity index (χ4v) is 2.99. The fourth-order valence-electron chi connectivity index (χ4n) is 2.99. The third-order valence-electron chi connectivity index (χ3n) is 4.06. The van der Waals surface area contributed by atoms with Gasteiger partial charge in [0.15, 0.2) is 0 Å². The van der Waals surface area contributed by atoms with Crippen molar-refractivity contribution in [3.05, 3.63) is 23.2 Å². The Hall–Kier alpha value is -0.840. The van der Waals surface area contributed by atoms with Crippen molar-refractivity contribution < 1.29 is 9.15 Å². The number of hydrogen-bond donors (Lipinski definition) is 1. The van der Waals surface area contributed by atoms with Crippen LogP contribution in [0.1, 0.15) is 50.2 Å². The Morgan fingerprint density at radius 3 is 3.05 bits per heavy atom. The Morgan fingerprint density at radius 1 is 1.43 bits per heavy atom. The van der Waals surface area contributed by atoms with Crippen molar-refractivity contribution in [2.75, 3.05) is 26.2 Å². The first kappa shape index (κ1) is 16.5. The smallest absolute Gasteiger partial charge is 0.118 e. The molecule has 0 spiro atoms. The molecule has 1 fully saturated rings. The molecule has 1 aliphatic rings. The third kappa shape index (κ3) is 5.13. The molecule has 1 unspecified atom stereocenters. The molecule has 1 saturated heterocycles. The summed E-state index contributed by atoms with van der Waals surface area (Å²) in [7, 11) is 0. The number of nitrogens with zero attached hydrogens (tertiary/aromatic N) is 1. The van der Waals surface area contributed by atoms with Crippen LogP contribution in [0.15, 0.2) is 10.5 Å². The van der Waals surface area contributed by atoms with Crippen LogP contribution in [0.3, 0.4) is 0 Å². The van der Waals surface area contributed by atoms with Crippen LogP contribution in [0.2, 0.25) is 0 Å². The van der Waals surface area contributed by atoms with Crippen molar-refractivity contribution in [2.24, 2.45) is 0 Å². The van der Waals surface area contributed by atoms with E-state index in [1.165, 1.54) is 18.4 Å². The van der Waals surface area contributed by atoms with Crippen molar-refractivity contribution in [1.29, 1.82) is 0 Å². The van der Waals surface area contributed by atoms with Crippen LogP contribution in [-0.2, 0) is 17.8 Å². The molecule has 0 aliphatic carbocycles. The quantitative estimate of drug-likeness (QED) is 0.748. The molecule has 4 nitrogen and oxygen atoms in total. The molecule has 0 aromatic carbocycles. The Labute approximate surface area is 128 Å². The van der Waals surface area contributed by atoms with E-state index in [4.69, 9.17) is 9.15 Å². The molecular weight excluding hydrogens is 264 g/mol. The van der Waals surface area contributed by atoms with E-state index < -0.39 is 0 Å². The number of nitrogens with one attached hydrogen (secondary N) is 1. The summed E-state index contributed by atoms with van der Waals surface area (Å²) in [5, 5.41) is 3.44. The monoisotopic (exact) mass is 294 g/mol. The van der Waals surface area contributed by atoms with E-state index in [0.29, 0.717) is 6.10 Å². The lowest BCUT2D eigenvalue weighted by Gasteiger charge is -2.31. The van der Waals surface area contributed by atoms with Crippen LogP contribution in [-0.4, -0.2) is 37.2 Å². The van der Waals surface area contributed by atoms with Gasteiger partial charge in [-0.05, 0) is 52.3 Å². The van der Waals surface area contributed by atoms with Gasteiger partial charge in [-0.3, -0.25) is 4.90 Å². The maximum absolute atomic E-state index is 5.92. The zero-order valence-corrected chi connectivity index (χ0v) is 13.8. The van der Waals surface area contributed by atoms with E-state index in [2.05, 4.69) is 37.1 Å². The maximum atomic E-state index is 5.92. The first-order chi connectivity index (χ1) is 10.2. The number of furan rings is 1. The van der Waals surface area contributed by atoms with Crippen LogP contribution >= 0.6 is 0 Å². The highest BCUT2D eigenvalue weighted by molar-refractivity contribution is 5.20. The van der Waals surface area contributed by atoms with Crippen molar-refractivity contribution in [3.8, 4) is 0 Å². The van der Waals surface area contributed by atoms with Gasteiger partial charge in [-0.25, -0.2) is 0 Å². The minimum Gasteiger partial charge on any atom is -0.465 e. The lowest BCUT2D eigenvalue weighted by atomic mass is 10.1. The fraction of sp³-hybridized carbons (Fsp3) is 0.765. The molecule has 2 rings (SSSR count). The molecule has 1 N–H and O–H groups in total. The number of likely N-dealkylation sites (tertiary alicyclic amines) is 1. The van der Waals surface area contributed by atoms with Gasteiger partial charge in [0, 0.05) is 25.3 Å². The van der Waals surface area contributed by atoms with Gasteiger partial charge in [0.1, 0.15) is 11.5 Å². The van der Waals surface area contributed by atoms with Gasteiger partial charge < -0.3 is 14.5 Å². The number of piperidine rings is 1. The normalized spacial score (nSPS) is 20.0.